The third-order valence-electron chi connectivity index (χ3n) is 3.18. The summed E-state index contributed by atoms with van der Waals surface area (Å²) in [7, 11) is 0. The Kier molecular flexibility index (Phi) is 6.68. The second-order valence-electron chi connectivity index (χ2n) is 4.56. The number of nitrogens with one attached hydrogen (secondary N) is 2. The van der Waals surface area contributed by atoms with Crippen molar-refractivity contribution in [1.29, 1.82) is 0 Å². The van der Waals surface area contributed by atoms with Crippen molar-refractivity contribution in [2.24, 2.45) is 0 Å². The lowest BCUT2D eigenvalue weighted by molar-refractivity contribution is 0.298. The quantitative estimate of drug-likeness (QED) is 0.688. The third kappa shape index (κ3) is 5.02. The second-order valence-corrected chi connectivity index (χ2v) is 4.56. The lowest BCUT2D eigenvalue weighted by Gasteiger charge is -2.17. The van der Waals surface area contributed by atoms with Gasteiger partial charge in [-0.05, 0) is 39.5 Å². The zero-order valence-corrected chi connectivity index (χ0v) is 11.8. The summed E-state index contributed by atoms with van der Waals surface area (Å²) in [6, 6.07) is 1.65. The average Bonchev–Trinajstić information content (AvgIpc) is 2.36. The average molecular weight is 251 g/mol. The summed E-state index contributed by atoms with van der Waals surface area (Å²) < 4.78 is 0. The number of H-pyrrole nitrogens is 1. The summed E-state index contributed by atoms with van der Waals surface area (Å²) in [5.41, 5.74) is 1.83. The minimum Gasteiger partial charge on any atom is -0.365 e. The van der Waals surface area contributed by atoms with E-state index in [2.05, 4.69) is 29.0 Å². The molecule has 1 heterocycles. The van der Waals surface area contributed by atoms with Crippen molar-refractivity contribution in [3.8, 4) is 0 Å². The highest BCUT2D eigenvalue weighted by molar-refractivity contribution is 5.13. The highest BCUT2D eigenvalue weighted by Crippen LogP contribution is 1.93. The van der Waals surface area contributed by atoms with Crippen LogP contribution in [-0.2, 0) is 6.54 Å². The van der Waals surface area contributed by atoms with Crippen LogP contribution in [0, 0.1) is 6.92 Å². The number of pyridine rings is 1. The van der Waals surface area contributed by atoms with Crippen molar-refractivity contribution >= 4 is 0 Å². The summed E-state index contributed by atoms with van der Waals surface area (Å²) in [5, 5.41) is 3.32. The Morgan fingerprint density at radius 1 is 1.33 bits per heavy atom. The van der Waals surface area contributed by atoms with E-state index in [0.717, 1.165) is 43.9 Å². The highest BCUT2D eigenvalue weighted by atomic mass is 16.1. The predicted octanol–water partition coefficient (Wildman–Crippen LogP) is 1.50. The number of rotatable bonds is 8. The van der Waals surface area contributed by atoms with Gasteiger partial charge >= 0.3 is 0 Å². The smallest absolute Gasteiger partial charge is 0.186 e. The summed E-state index contributed by atoms with van der Waals surface area (Å²) in [4.78, 5) is 17.1. The molecule has 0 radical (unpaired) electrons. The molecule has 0 saturated carbocycles. The van der Waals surface area contributed by atoms with Crippen LogP contribution in [0.2, 0.25) is 0 Å². The SMILES string of the molecule is CCN(CC)CCCNCc1c[nH]c(C)cc1=O. The van der Waals surface area contributed by atoms with E-state index in [9.17, 15) is 4.79 Å². The van der Waals surface area contributed by atoms with Crippen LogP contribution in [0.3, 0.4) is 0 Å². The number of aromatic amines is 1. The molecule has 0 aliphatic carbocycles. The maximum atomic E-state index is 11.6. The van der Waals surface area contributed by atoms with Gasteiger partial charge in [-0.2, -0.15) is 0 Å². The van der Waals surface area contributed by atoms with Crippen LogP contribution in [0.25, 0.3) is 0 Å². The number of nitrogens with zero attached hydrogens (tertiary/aromatic N) is 1. The minimum atomic E-state index is 0.113. The van der Waals surface area contributed by atoms with Gasteiger partial charge in [0.25, 0.3) is 0 Å². The van der Waals surface area contributed by atoms with Crippen molar-refractivity contribution in [2.75, 3.05) is 26.2 Å². The summed E-state index contributed by atoms with van der Waals surface area (Å²) in [6.07, 6.45) is 2.92. The molecule has 1 aromatic heterocycles. The Balaban J connectivity index is 2.24. The standard InChI is InChI=1S/C14H25N3O/c1-4-17(5-2)8-6-7-15-10-13-11-16-12(3)9-14(13)18/h9,11,15H,4-8,10H2,1-3H3,(H,16,18). The van der Waals surface area contributed by atoms with Crippen molar-refractivity contribution in [3.63, 3.8) is 0 Å². The zero-order valence-electron chi connectivity index (χ0n) is 11.8. The van der Waals surface area contributed by atoms with E-state index in [1.165, 1.54) is 0 Å². The van der Waals surface area contributed by atoms with E-state index in [0.29, 0.717) is 6.54 Å². The topological polar surface area (TPSA) is 48.1 Å². The molecule has 4 heteroatoms. The Bertz CT molecular complexity index is 396. The molecule has 0 bridgehead atoms. The Morgan fingerprint density at radius 3 is 2.67 bits per heavy atom. The van der Waals surface area contributed by atoms with Gasteiger partial charge in [-0.25, -0.2) is 0 Å². The maximum absolute atomic E-state index is 11.6. The molecule has 0 unspecified atom stereocenters. The normalized spacial score (nSPS) is 11.1. The molecule has 4 nitrogen and oxygen atoms in total. The van der Waals surface area contributed by atoms with Gasteiger partial charge in [0.05, 0.1) is 0 Å². The Morgan fingerprint density at radius 2 is 2.06 bits per heavy atom. The van der Waals surface area contributed by atoms with Gasteiger partial charge in [-0.3, -0.25) is 4.79 Å². The van der Waals surface area contributed by atoms with Crippen molar-refractivity contribution in [3.05, 3.63) is 33.7 Å². The van der Waals surface area contributed by atoms with Crippen LogP contribution >= 0.6 is 0 Å². The zero-order chi connectivity index (χ0) is 13.4. The molecule has 1 aromatic rings. The van der Waals surface area contributed by atoms with Gasteiger partial charge in [-0.1, -0.05) is 13.8 Å². The van der Waals surface area contributed by atoms with Gasteiger partial charge in [0.15, 0.2) is 5.43 Å². The summed E-state index contributed by atoms with van der Waals surface area (Å²) in [5.74, 6) is 0. The van der Waals surface area contributed by atoms with E-state index in [-0.39, 0.29) is 5.43 Å². The molecule has 0 saturated heterocycles. The van der Waals surface area contributed by atoms with Crippen LogP contribution in [-0.4, -0.2) is 36.1 Å². The number of hydrogen-bond donors (Lipinski definition) is 2. The number of aromatic nitrogens is 1. The fourth-order valence-electron chi connectivity index (χ4n) is 1.93. The van der Waals surface area contributed by atoms with Gasteiger partial charge in [0.1, 0.15) is 0 Å². The van der Waals surface area contributed by atoms with E-state index in [1.54, 1.807) is 12.3 Å². The molecule has 1 rings (SSSR count). The Labute approximate surface area is 109 Å². The van der Waals surface area contributed by atoms with Crippen molar-refractivity contribution < 1.29 is 0 Å². The second kappa shape index (κ2) is 8.06. The molecular weight excluding hydrogens is 226 g/mol. The minimum absolute atomic E-state index is 0.113. The number of hydrogen-bond acceptors (Lipinski definition) is 3. The molecule has 2 N–H and O–H groups in total. The molecule has 0 fully saturated rings. The third-order valence-corrected chi connectivity index (χ3v) is 3.18. The molecule has 0 aliphatic heterocycles. The van der Waals surface area contributed by atoms with E-state index >= 15 is 0 Å². The molecule has 0 spiro atoms. The fourth-order valence-corrected chi connectivity index (χ4v) is 1.93. The largest absolute Gasteiger partial charge is 0.365 e. The summed E-state index contributed by atoms with van der Waals surface area (Å²) in [6.45, 7) is 11.2. The molecule has 0 aliphatic rings. The molecule has 0 atom stereocenters. The first-order chi connectivity index (χ1) is 8.67. The highest BCUT2D eigenvalue weighted by Gasteiger charge is 2.00. The van der Waals surface area contributed by atoms with E-state index in [1.807, 2.05) is 6.92 Å². The molecule has 0 aromatic carbocycles. The van der Waals surface area contributed by atoms with Crippen molar-refractivity contribution in [1.82, 2.24) is 15.2 Å². The molecule has 18 heavy (non-hydrogen) atoms. The maximum Gasteiger partial charge on any atom is 0.186 e. The molecular formula is C14H25N3O. The molecule has 102 valence electrons. The van der Waals surface area contributed by atoms with Crippen LogP contribution in [0.4, 0.5) is 0 Å². The summed E-state index contributed by atoms with van der Waals surface area (Å²) >= 11 is 0. The fraction of sp³-hybridized carbons (Fsp3) is 0.643. The van der Waals surface area contributed by atoms with E-state index < -0.39 is 0 Å². The van der Waals surface area contributed by atoms with Gasteiger partial charge < -0.3 is 15.2 Å². The lowest BCUT2D eigenvalue weighted by atomic mass is 10.2. The monoisotopic (exact) mass is 251 g/mol. The van der Waals surface area contributed by atoms with Gasteiger partial charge in [0, 0.05) is 30.1 Å². The first-order valence-electron chi connectivity index (χ1n) is 6.78. The van der Waals surface area contributed by atoms with Crippen LogP contribution in [0.5, 0.6) is 0 Å². The van der Waals surface area contributed by atoms with Crippen LogP contribution < -0.4 is 10.7 Å². The van der Waals surface area contributed by atoms with Crippen LogP contribution in [0.15, 0.2) is 17.1 Å². The lowest BCUT2D eigenvalue weighted by Crippen LogP contribution is -2.27. The Hall–Kier alpha value is -1.13. The number of aryl methyl sites for hydroxylation is 1. The first-order valence-corrected chi connectivity index (χ1v) is 6.78. The van der Waals surface area contributed by atoms with E-state index in [4.69, 9.17) is 0 Å². The molecule has 0 amide bonds. The predicted molar refractivity (Wildman–Crippen MR) is 75.9 cm³/mol. The van der Waals surface area contributed by atoms with Crippen LogP contribution in [0.1, 0.15) is 31.5 Å². The van der Waals surface area contributed by atoms with Gasteiger partial charge in [0.2, 0.25) is 0 Å². The first kappa shape index (κ1) is 14.9. The van der Waals surface area contributed by atoms with Crippen molar-refractivity contribution in [2.45, 2.75) is 33.7 Å². The van der Waals surface area contributed by atoms with Gasteiger partial charge in [-0.15, -0.1) is 0 Å².